The lowest BCUT2D eigenvalue weighted by Crippen LogP contribution is -2.34. The fourth-order valence-electron chi connectivity index (χ4n) is 2.75. The summed E-state index contributed by atoms with van der Waals surface area (Å²) in [5, 5.41) is 8.64. The van der Waals surface area contributed by atoms with Gasteiger partial charge in [-0.1, -0.05) is 19.4 Å². The second kappa shape index (κ2) is 4.45. The first-order chi connectivity index (χ1) is 8.40. The standard InChI is InChI=1S/C13H18N4/c1-2-16-9-5-3-7-11(16)13-15-14-12-8-4-6-10-17(12)13/h4,6,8,10-11H,2-3,5,7,9H2,1H3. The predicted octanol–water partition coefficient (Wildman–Crippen LogP) is 2.28. The maximum Gasteiger partial charge on any atom is 0.160 e. The Labute approximate surface area is 101 Å². The molecule has 2 aromatic rings. The molecule has 1 aliphatic rings. The molecule has 2 aromatic heterocycles. The van der Waals surface area contributed by atoms with Gasteiger partial charge in [0.15, 0.2) is 11.5 Å². The van der Waals surface area contributed by atoms with Crippen LogP contribution in [0.5, 0.6) is 0 Å². The van der Waals surface area contributed by atoms with Gasteiger partial charge in [-0.2, -0.15) is 0 Å². The third-order valence-electron chi connectivity index (χ3n) is 3.66. The molecule has 1 fully saturated rings. The van der Waals surface area contributed by atoms with E-state index in [1.165, 1.54) is 25.8 Å². The van der Waals surface area contributed by atoms with Gasteiger partial charge in [0.2, 0.25) is 0 Å². The van der Waals surface area contributed by atoms with Crippen molar-refractivity contribution < 1.29 is 0 Å². The molecule has 0 radical (unpaired) electrons. The van der Waals surface area contributed by atoms with Crippen LogP contribution >= 0.6 is 0 Å². The summed E-state index contributed by atoms with van der Waals surface area (Å²) in [5.41, 5.74) is 0.948. The minimum atomic E-state index is 0.436. The Kier molecular flexibility index (Phi) is 2.81. The smallest absolute Gasteiger partial charge is 0.160 e. The number of fused-ring (bicyclic) bond motifs is 1. The number of rotatable bonds is 2. The fourth-order valence-corrected chi connectivity index (χ4v) is 2.75. The summed E-state index contributed by atoms with van der Waals surface area (Å²) in [7, 11) is 0. The van der Waals surface area contributed by atoms with Crippen LogP contribution < -0.4 is 0 Å². The number of nitrogens with zero attached hydrogens (tertiary/aromatic N) is 4. The van der Waals surface area contributed by atoms with E-state index in [-0.39, 0.29) is 0 Å². The minimum absolute atomic E-state index is 0.436. The van der Waals surface area contributed by atoms with E-state index in [1.54, 1.807) is 0 Å². The van der Waals surface area contributed by atoms with E-state index < -0.39 is 0 Å². The van der Waals surface area contributed by atoms with Crippen molar-refractivity contribution >= 4 is 5.65 Å². The molecule has 1 atom stereocenters. The van der Waals surface area contributed by atoms with Crippen molar-refractivity contribution in [1.29, 1.82) is 0 Å². The second-order valence-corrected chi connectivity index (χ2v) is 4.63. The highest BCUT2D eigenvalue weighted by molar-refractivity contribution is 5.37. The average molecular weight is 230 g/mol. The van der Waals surface area contributed by atoms with Crippen molar-refractivity contribution in [2.24, 2.45) is 0 Å². The molecule has 0 spiro atoms. The van der Waals surface area contributed by atoms with Gasteiger partial charge in [-0.15, -0.1) is 10.2 Å². The van der Waals surface area contributed by atoms with Gasteiger partial charge in [0.25, 0.3) is 0 Å². The number of pyridine rings is 1. The Bertz CT molecular complexity index is 505. The van der Waals surface area contributed by atoms with Gasteiger partial charge in [0.1, 0.15) is 0 Å². The molecule has 1 unspecified atom stereocenters. The molecule has 17 heavy (non-hydrogen) atoms. The molecule has 0 saturated carbocycles. The van der Waals surface area contributed by atoms with Crippen LogP contribution in [0.2, 0.25) is 0 Å². The first-order valence-electron chi connectivity index (χ1n) is 6.44. The van der Waals surface area contributed by atoms with Gasteiger partial charge in [0, 0.05) is 6.20 Å². The maximum atomic E-state index is 4.39. The molecule has 0 aromatic carbocycles. The van der Waals surface area contributed by atoms with Crippen molar-refractivity contribution in [1.82, 2.24) is 19.5 Å². The van der Waals surface area contributed by atoms with Crippen LogP contribution in [0, 0.1) is 0 Å². The van der Waals surface area contributed by atoms with Crippen LogP contribution in [0.25, 0.3) is 5.65 Å². The van der Waals surface area contributed by atoms with Gasteiger partial charge in [-0.05, 0) is 38.1 Å². The van der Waals surface area contributed by atoms with E-state index in [0.29, 0.717) is 6.04 Å². The number of hydrogen-bond donors (Lipinski definition) is 0. The number of piperidine rings is 1. The first kappa shape index (κ1) is 10.7. The Hall–Kier alpha value is -1.42. The number of aromatic nitrogens is 3. The van der Waals surface area contributed by atoms with E-state index in [1.807, 2.05) is 18.2 Å². The Morgan fingerprint density at radius 1 is 1.29 bits per heavy atom. The molecule has 3 rings (SSSR count). The summed E-state index contributed by atoms with van der Waals surface area (Å²) in [6.45, 7) is 4.50. The molecule has 0 N–H and O–H groups in total. The monoisotopic (exact) mass is 230 g/mol. The normalized spacial score (nSPS) is 22.1. The minimum Gasteiger partial charge on any atom is -0.294 e. The number of hydrogen-bond acceptors (Lipinski definition) is 3. The largest absolute Gasteiger partial charge is 0.294 e. The summed E-state index contributed by atoms with van der Waals surface area (Å²) in [6, 6.07) is 6.49. The van der Waals surface area contributed by atoms with Gasteiger partial charge >= 0.3 is 0 Å². The van der Waals surface area contributed by atoms with Crippen LogP contribution in [0.1, 0.15) is 38.1 Å². The molecular formula is C13H18N4. The van der Waals surface area contributed by atoms with E-state index in [9.17, 15) is 0 Å². The first-order valence-corrected chi connectivity index (χ1v) is 6.44. The summed E-state index contributed by atoms with van der Waals surface area (Å²) >= 11 is 0. The second-order valence-electron chi connectivity index (χ2n) is 4.63. The summed E-state index contributed by atoms with van der Waals surface area (Å²) in [4.78, 5) is 2.51. The van der Waals surface area contributed by atoms with Crippen LogP contribution in [-0.2, 0) is 0 Å². The molecule has 1 saturated heterocycles. The van der Waals surface area contributed by atoms with Gasteiger partial charge < -0.3 is 0 Å². The highest BCUT2D eigenvalue weighted by Crippen LogP contribution is 2.29. The lowest BCUT2D eigenvalue weighted by atomic mass is 10.0. The maximum absolute atomic E-state index is 4.39. The van der Waals surface area contributed by atoms with Crippen LogP contribution in [-0.4, -0.2) is 32.6 Å². The summed E-state index contributed by atoms with van der Waals surface area (Å²) in [5.74, 6) is 1.10. The molecule has 4 heteroatoms. The van der Waals surface area contributed by atoms with E-state index >= 15 is 0 Å². The summed E-state index contributed by atoms with van der Waals surface area (Å²) < 4.78 is 2.12. The van der Waals surface area contributed by atoms with Gasteiger partial charge in [-0.3, -0.25) is 9.30 Å². The predicted molar refractivity (Wildman–Crippen MR) is 66.8 cm³/mol. The molecule has 90 valence electrons. The van der Waals surface area contributed by atoms with E-state index in [4.69, 9.17) is 0 Å². The third-order valence-corrected chi connectivity index (χ3v) is 3.66. The number of likely N-dealkylation sites (tertiary alicyclic amines) is 1. The van der Waals surface area contributed by atoms with Crippen LogP contribution in [0.4, 0.5) is 0 Å². The van der Waals surface area contributed by atoms with Crippen molar-refractivity contribution in [2.75, 3.05) is 13.1 Å². The molecule has 4 nitrogen and oxygen atoms in total. The molecule has 0 bridgehead atoms. The molecular weight excluding hydrogens is 212 g/mol. The van der Waals surface area contributed by atoms with Crippen molar-refractivity contribution in [3.8, 4) is 0 Å². The zero-order chi connectivity index (χ0) is 11.7. The fraction of sp³-hybridized carbons (Fsp3) is 0.538. The van der Waals surface area contributed by atoms with Crippen molar-refractivity contribution in [3.63, 3.8) is 0 Å². The molecule has 0 amide bonds. The highest BCUT2D eigenvalue weighted by atomic mass is 15.3. The van der Waals surface area contributed by atoms with Crippen molar-refractivity contribution in [2.45, 2.75) is 32.2 Å². The lowest BCUT2D eigenvalue weighted by Gasteiger charge is -2.33. The molecule has 1 aliphatic heterocycles. The summed E-state index contributed by atoms with van der Waals surface area (Å²) in [6.07, 6.45) is 5.86. The van der Waals surface area contributed by atoms with Crippen LogP contribution in [0.3, 0.4) is 0 Å². The molecule has 3 heterocycles. The Balaban J connectivity index is 2.01. The highest BCUT2D eigenvalue weighted by Gasteiger charge is 2.26. The lowest BCUT2D eigenvalue weighted by molar-refractivity contribution is 0.149. The Morgan fingerprint density at radius 3 is 3.12 bits per heavy atom. The zero-order valence-electron chi connectivity index (χ0n) is 10.2. The van der Waals surface area contributed by atoms with Crippen molar-refractivity contribution in [3.05, 3.63) is 30.2 Å². The zero-order valence-corrected chi connectivity index (χ0v) is 10.2. The van der Waals surface area contributed by atoms with Gasteiger partial charge in [-0.25, -0.2) is 0 Å². The SMILES string of the molecule is CCN1CCCCC1c1nnc2ccccn12. The van der Waals surface area contributed by atoms with E-state index in [0.717, 1.165) is 18.0 Å². The van der Waals surface area contributed by atoms with Gasteiger partial charge in [0.05, 0.1) is 6.04 Å². The van der Waals surface area contributed by atoms with Crippen LogP contribution in [0.15, 0.2) is 24.4 Å². The average Bonchev–Trinajstić information content (AvgIpc) is 2.82. The Morgan fingerprint density at radius 2 is 2.24 bits per heavy atom. The molecule has 0 aliphatic carbocycles. The quantitative estimate of drug-likeness (QED) is 0.793. The topological polar surface area (TPSA) is 33.4 Å². The third kappa shape index (κ3) is 1.82. The van der Waals surface area contributed by atoms with E-state index in [2.05, 4.69) is 32.6 Å².